The Bertz CT molecular complexity index is 328. The molecule has 1 amide bonds. The van der Waals surface area contributed by atoms with Crippen LogP contribution in [0.1, 0.15) is 23.2 Å². The van der Waals surface area contributed by atoms with E-state index in [9.17, 15) is 4.79 Å². The molecule has 1 aromatic rings. The van der Waals surface area contributed by atoms with E-state index in [1.165, 1.54) is 0 Å². The van der Waals surface area contributed by atoms with Gasteiger partial charge in [-0.1, -0.05) is 0 Å². The van der Waals surface area contributed by atoms with Gasteiger partial charge in [-0.3, -0.25) is 4.79 Å². The van der Waals surface area contributed by atoms with Gasteiger partial charge in [-0.25, -0.2) is 0 Å². The highest BCUT2D eigenvalue weighted by Gasteiger charge is 2.23. The highest BCUT2D eigenvalue weighted by atomic mass is 16.5. The second-order valence-corrected chi connectivity index (χ2v) is 3.42. The number of rotatable bonds is 3. The summed E-state index contributed by atoms with van der Waals surface area (Å²) < 4.78 is 4.76. The Morgan fingerprint density at radius 2 is 2.00 bits per heavy atom. The quantitative estimate of drug-likeness (QED) is 0.788. The lowest BCUT2D eigenvalue weighted by atomic mass is 10.2. The Hall–Kier alpha value is -1.51. The van der Waals surface area contributed by atoms with Crippen LogP contribution in [0.25, 0.3) is 0 Å². The van der Waals surface area contributed by atoms with E-state index < -0.39 is 0 Å². The van der Waals surface area contributed by atoms with Crippen LogP contribution in [0.15, 0.2) is 24.3 Å². The Morgan fingerprint density at radius 1 is 1.36 bits per heavy atom. The normalized spacial score (nSPS) is 14.9. The number of hydrogen-bond donors (Lipinski definition) is 1. The first-order valence-corrected chi connectivity index (χ1v) is 4.62. The lowest BCUT2D eigenvalue weighted by molar-refractivity contribution is 0.0951. The fraction of sp³-hybridized carbons (Fsp3) is 0.273. The van der Waals surface area contributed by atoms with E-state index in [0.717, 1.165) is 12.8 Å². The van der Waals surface area contributed by atoms with Crippen LogP contribution in [-0.4, -0.2) is 11.9 Å². The van der Waals surface area contributed by atoms with Crippen LogP contribution >= 0.6 is 0 Å². The molecule has 1 N–H and O–H groups in total. The average molecular weight is 190 g/mol. The summed E-state index contributed by atoms with van der Waals surface area (Å²) in [6.45, 7) is 0. The van der Waals surface area contributed by atoms with Crippen molar-refractivity contribution in [3.05, 3.63) is 36.9 Å². The third-order valence-electron chi connectivity index (χ3n) is 2.20. The molecule has 1 aliphatic carbocycles. The molecular formula is C11H12NO2. The maximum atomic E-state index is 11.5. The summed E-state index contributed by atoms with van der Waals surface area (Å²) >= 11 is 0. The molecule has 14 heavy (non-hydrogen) atoms. The van der Waals surface area contributed by atoms with Crippen molar-refractivity contribution in [1.29, 1.82) is 0 Å². The molecule has 1 radical (unpaired) electrons. The topological polar surface area (TPSA) is 38.3 Å². The van der Waals surface area contributed by atoms with Crippen molar-refractivity contribution in [2.45, 2.75) is 18.9 Å². The van der Waals surface area contributed by atoms with Crippen molar-refractivity contribution < 1.29 is 9.53 Å². The summed E-state index contributed by atoms with van der Waals surface area (Å²) in [5, 5.41) is 2.91. The highest BCUT2D eigenvalue weighted by molar-refractivity contribution is 5.94. The Labute approximate surface area is 83.1 Å². The first kappa shape index (κ1) is 9.06. The first-order chi connectivity index (χ1) is 6.79. The molecule has 0 spiro atoms. The van der Waals surface area contributed by atoms with Gasteiger partial charge in [0.05, 0.1) is 0 Å². The molecule has 1 saturated carbocycles. The minimum Gasteiger partial charge on any atom is -0.490 e. The molecule has 3 nitrogen and oxygen atoms in total. The van der Waals surface area contributed by atoms with Crippen molar-refractivity contribution >= 4 is 5.91 Å². The first-order valence-electron chi connectivity index (χ1n) is 4.62. The molecule has 1 aliphatic rings. The van der Waals surface area contributed by atoms with Crippen LogP contribution in [0.5, 0.6) is 5.75 Å². The van der Waals surface area contributed by atoms with E-state index in [1.807, 2.05) is 0 Å². The van der Waals surface area contributed by atoms with Crippen LogP contribution in [0.2, 0.25) is 0 Å². The third-order valence-corrected chi connectivity index (χ3v) is 2.20. The summed E-state index contributed by atoms with van der Waals surface area (Å²) in [4.78, 5) is 11.5. The Kier molecular flexibility index (Phi) is 2.39. The molecular weight excluding hydrogens is 178 g/mol. The van der Waals surface area contributed by atoms with Gasteiger partial charge in [-0.05, 0) is 37.1 Å². The number of amides is 1. The molecule has 0 atom stereocenters. The molecule has 0 bridgehead atoms. The van der Waals surface area contributed by atoms with E-state index in [-0.39, 0.29) is 5.91 Å². The van der Waals surface area contributed by atoms with Gasteiger partial charge >= 0.3 is 0 Å². The van der Waals surface area contributed by atoms with E-state index in [1.54, 1.807) is 24.3 Å². The van der Waals surface area contributed by atoms with Crippen LogP contribution in [0.3, 0.4) is 0 Å². The summed E-state index contributed by atoms with van der Waals surface area (Å²) in [5.74, 6) is 0.649. The third kappa shape index (κ3) is 2.05. The molecule has 73 valence electrons. The zero-order valence-electron chi connectivity index (χ0n) is 7.82. The number of benzene rings is 1. The van der Waals surface area contributed by atoms with E-state index in [4.69, 9.17) is 4.74 Å². The largest absolute Gasteiger partial charge is 0.490 e. The second kappa shape index (κ2) is 3.70. The SMILES string of the molecule is [CH2]Oc1ccc(C(=O)NC2CC2)cc1. The predicted molar refractivity (Wildman–Crippen MR) is 52.9 cm³/mol. The summed E-state index contributed by atoms with van der Waals surface area (Å²) in [5.41, 5.74) is 0.665. The number of nitrogens with one attached hydrogen (secondary N) is 1. The fourth-order valence-corrected chi connectivity index (χ4v) is 1.20. The molecule has 0 unspecified atom stereocenters. The maximum Gasteiger partial charge on any atom is 0.251 e. The van der Waals surface area contributed by atoms with Crippen molar-refractivity contribution in [2.75, 3.05) is 0 Å². The van der Waals surface area contributed by atoms with Gasteiger partial charge in [-0.15, -0.1) is 0 Å². The minimum atomic E-state index is -0.0110. The molecule has 1 fully saturated rings. The molecule has 3 heteroatoms. The van der Waals surface area contributed by atoms with Crippen LogP contribution in [-0.2, 0) is 0 Å². The van der Waals surface area contributed by atoms with Gasteiger partial charge in [0.1, 0.15) is 12.9 Å². The highest BCUT2D eigenvalue weighted by Crippen LogP contribution is 2.19. The van der Waals surface area contributed by atoms with Crippen LogP contribution < -0.4 is 10.1 Å². The van der Waals surface area contributed by atoms with Gasteiger partial charge in [0.2, 0.25) is 0 Å². The monoisotopic (exact) mass is 190 g/mol. The van der Waals surface area contributed by atoms with Gasteiger partial charge in [0.25, 0.3) is 5.91 Å². The van der Waals surface area contributed by atoms with Gasteiger partial charge < -0.3 is 10.1 Å². The van der Waals surface area contributed by atoms with Gasteiger partial charge in [-0.2, -0.15) is 0 Å². The fourth-order valence-electron chi connectivity index (χ4n) is 1.20. The second-order valence-electron chi connectivity index (χ2n) is 3.42. The average Bonchev–Trinajstić information content (AvgIpc) is 3.02. The Balaban J connectivity index is 2.03. The lowest BCUT2D eigenvalue weighted by Gasteiger charge is -2.03. The number of carbonyl (C=O) groups excluding carboxylic acids is 1. The predicted octanol–water partition coefficient (Wildman–Crippen LogP) is 1.75. The standard InChI is InChI=1S/C11H12NO2/c1-14-10-6-2-8(3-7-10)11(13)12-9-4-5-9/h2-3,6-7,9H,1,4-5H2,(H,12,13). The molecule has 2 rings (SSSR count). The number of carbonyl (C=O) groups is 1. The smallest absolute Gasteiger partial charge is 0.251 e. The van der Waals surface area contributed by atoms with E-state index >= 15 is 0 Å². The molecule has 0 aromatic heterocycles. The molecule has 0 heterocycles. The van der Waals surface area contributed by atoms with Crippen molar-refractivity contribution in [3.63, 3.8) is 0 Å². The van der Waals surface area contributed by atoms with Gasteiger partial charge in [0, 0.05) is 11.6 Å². The molecule has 1 aromatic carbocycles. The molecule has 0 saturated heterocycles. The maximum absolute atomic E-state index is 11.5. The van der Waals surface area contributed by atoms with E-state index in [0.29, 0.717) is 17.4 Å². The zero-order chi connectivity index (χ0) is 9.97. The van der Waals surface area contributed by atoms with E-state index in [2.05, 4.69) is 12.4 Å². The van der Waals surface area contributed by atoms with Crippen molar-refractivity contribution in [1.82, 2.24) is 5.32 Å². The molecule has 0 aliphatic heterocycles. The van der Waals surface area contributed by atoms with Crippen molar-refractivity contribution in [3.8, 4) is 5.75 Å². The number of hydrogen-bond acceptors (Lipinski definition) is 2. The number of ether oxygens (including phenoxy) is 1. The minimum absolute atomic E-state index is 0.0110. The van der Waals surface area contributed by atoms with Crippen molar-refractivity contribution in [2.24, 2.45) is 0 Å². The van der Waals surface area contributed by atoms with Gasteiger partial charge in [0.15, 0.2) is 0 Å². The van der Waals surface area contributed by atoms with Crippen LogP contribution in [0.4, 0.5) is 0 Å². The summed E-state index contributed by atoms with van der Waals surface area (Å²) in [7, 11) is 3.29. The summed E-state index contributed by atoms with van der Waals surface area (Å²) in [6, 6.07) is 7.33. The zero-order valence-corrected chi connectivity index (χ0v) is 7.82. The lowest BCUT2D eigenvalue weighted by Crippen LogP contribution is -2.25. The summed E-state index contributed by atoms with van der Waals surface area (Å²) in [6.07, 6.45) is 2.21. The Morgan fingerprint density at radius 3 is 2.50 bits per heavy atom. The van der Waals surface area contributed by atoms with Crippen LogP contribution in [0, 0.1) is 7.11 Å².